The molecule has 2 aromatic rings. The first-order valence-corrected chi connectivity index (χ1v) is 5.31. The van der Waals surface area contributed by atoms with Crippen molar-refractivity contribution in [3.8, 4) is 0 Å². The molecule has 0 amide bonds. The third-order valence-electron chi connectivity index (χ3n) is 2.24. The van der Waals surface area contributed by atoms with E-state index in [1.165, 1.54) is 6.20 Å². The summed E-state index contributed by atoms with van der Waals surface area (Å²) in [5.41, 5.74) is -0.148. The van der Waals surface area contributed by atoms with Crippen molar-refractivity contribution in [3.63, 3.8) is 0 Å². The van der Waals surface area contributed by atoms with Crippen molar-refractivity contribution >= 4 is 26.8 Å². The molecule has 0 unspecified atom stereocenters. The first-order valence-electron chi connectivity index (χ1n) is 4.51. The van der Waals surface area contributed by atoms with Crippen LogP contribution in [0.25, 0.3) is 10.9 Å². The largest absolute Gasteiger partial charge is 0.418 e. The van der Waals surface area contributed by atoms with Crippen LogP contribution in [0.4, 0.5) is 13.2 Å². The Hall–Kier alpha value is -1.10. The number of aryl methyl sites for hydroxylation is 1. The van der Waals surface area contributed by atoms with E-state index in [9.17, 15) is 13.2 Å². The number of rotatable bonds is 0. The van der Waals surface area contributed by atoms with Crippen LogP contribution in [0.1, 0.15) is 11.1 Å². The van der Waals surface area contributed by atoms with Crippen LogP contribution in [0.5, 0.6) is 0 Å². The van der Waals surface area contributed by atoms with Gasteiger partial charge in [-0.05, 0) is 30.7 Å². The number of aromatic nitrogens is 1. The number of benzene rings is 1. The van der Waals surface area contributed by atoms with E-state index in [-0.39, 0.29) is 5.52 Å². The lowest BCUT2D eigenvalue weighted by molar-refractivity contribution is -0.136. The molecule has 1 heterocycles. The van der Waals surface area contributed by atoms with Crippen LogP contribution in [0, 0.1) is 6.92 Å². The van der Waals surface area contributed by atoms with Crippen LogP contribution in [0.15, 0.2) is 28.9 Å². The SMILES string of the molecule is Cc1cc(C(F)(F)F)c2nccc(Br)c2c1. The standard InChI is InChI=1S/C11H7BrF3N/c1-6-4-7-9(12)2-3-16-10(7)8(5-6)11(13,14)15/h2-5H,1H3. The van der Waals surface area contributed by atoms with Crippen LogP contribution < -0.4 is 0 Å². The van der Waals surface area contributed by atoms with Gasteiger partial charge in [-0.1, -0.05) is 15.9 Å². The summed E-state index contributed by atoms with van der Waals surface area (Å²) in [5, 5.41) is 0.481. The summed E-state index contributed by atoms with van der Waals surface area (Å²) in [6, 6.07) is 4.42. The van der Waals surface area contributed by atoms with E-state index in [2.05, 4.69) is 20.9 Å². The smallest absolute Gasteiger partial charge is 0.256 e. The van der Waals surface area contributed by atoms with E-state index in [1.807, 2.05) is 0 Å². The van der Waals surface area contributed by atoms with Gasteiger partial charge in [-0.3, -0.25) is 4.98 Å². The van der Waals surface area contributed by atoms with Crippen molar-refractivity contribution in [1.82, 2.24) is 4.98 Å². The molecule has 0 radical (unpaired) electrons. The van der Waals surface area contributed by atoms with Gasteiger partial charge < -0.3 is 0 Å². The molecule has 1 aromatic heterocycles. The molecule has 0 spiro atoms. The first-order chi connectivity index (χ1) is 7.39. The molecule has 0 atom stereocenters. The molecule has 16 heavy (non-hydrogen) atoms. The molecule has 0 aliphatic rings. The molecule has 5 heteroatoms. The Morgan fingerprint density at radius 1 is 1.25 bits per heavy atom. The molecule has 0 saturated carbocycles. The molecule has 1 aromatic carbocycles. The maximum Gasteiger partial charge on any atom is 0.418 e. The molecule has 2 rings (SSSR count). The highest BCUT2D eigenvalue weighted by Gasteiger charge is 2.33. The minimum Gasteiger partial charge on any atom is -0.256 e. The molecular formula is C11H7BrF3N. The number of pyridine rings is 1. The third kappa shape index (κ3) is 1.91. The van der Waals surface area contributed by atoms with Crippen LogP contribution >= 0.6 is 15.9 Å². The summed E-state index contributed by atoms with van der Waals surface area (Å²) in [7, 11) is 0. The molecule has 0 bridgehead atoms. The van der Waals surface area contributed by atoms with Gasteiger partial charge in [0.05, 0.1) is 11.1 Å². The maximum atomic E-state index is 12.8. The van der Waals surface area contributed by atoms with Crippen molar-refractivity contribution in [2.75, 3.05) is 0 Å². The van der Waals surface area contributed by atoms with Crippen molar-refractivity contribution in [2.45, 2.75) is 13.1 Å². The topological polar surface area (TPSA) is 12.9 Å². The fraction of sp³-hybridized carbons (Fsp3) is 0.182. The zero-order valence-electron chi connectivity index (χ0n) is 8.27. The molecule has 0 N–H and O–H groups in total. The average molecular weight is 290 g/mol. The van der Waals surface area contributed by atoms with Gasteiger partial charge in [0, 0.05) is 16.1 Å². The number of halogens is 4. The number of alkyl halides is 3. The zero-order valence-corrected chi connectivity index (χ0v) is 9.85. The minimum absolute atomic E-state index is 0.0209. The normalized spacial score (nSPS) is 12.1. The zero-order chi connectivity index (χ0) is 11.9. The summed E-state index contributed by atoms with van der Waals surface area (Å²) in [6.45, 7) is 1.63. The van der Waals surface area contributed by atoms with Crippen molar-refractivity contribution in [1.29, 1.82) is 0 Å². The Balaban J connectivity index is 2.89. The van der Waals surface area contributed by atoms with Crippen molar-refractivity contribution < 1.29 is 13.2 Å². The predicted octanol–water partition coefficient (Wildman–Crippen LogP) is 4.32. The second-order valence-corrected chi connectivity index (χ2v) is 4.35. The van der Waals surface area contributed by atoms with Crippen LogP contribution in [0.3, 0.4) is 0 Å². The highest BCUT2D eigenvalue weighted by molar-refractivity contribution is 9.10. The van der Waals surface area contributed by atoms with Crippen LogP contribution in [-0.4, -0.2) is 4.98 Å². The fourth-order valence-corrected chi connectivity index (χ4v) is 2.00. The predicted molar refractivity (Wildman–Crippen MR) is 59.2 cm³/mol. The van der Waals surface area contributed by atoms with Crippen molar-refractivity contribution in [2.24, 2.45) is 0 Å². The summed E-state index contributed by atoms with van der Waals surface area (Å²) in [6.07, 6.45) is -3.02. The fourth-order valence-electron chi connectivity index (χ4n) is 1.58. The molecule has 0 aliphatic carbocycles. The first kappa shape index (κ1) is 11.4. The van der Waals surface area contributed by atoms with Gasteiger partial charge >= 0.3 is 6.18 Å². The van der Waals surface area contributed by atoms with E-state index >= 15 is 0 Å². The Morgan fingerprint density at radius 3 is 2.56 bits per heavy atom. The minimum atomic E-state index is -4.38. The van der Waals surface area contributed by atoms with Gasteiger partial charge in [0.2, 0.25) is 0 Å². The Labute approximate surface area is 98.4 Å². The third-order valence-corrected chi connectivity index (χ3v) is 2.93. The highest BCUT2D eigenvalue weighted by Crippen LogP contribution is 2.36. The molecule has 84 valence electrons. The molecule has 0 aliphatic heterocycles. The maximum absolute atomic E-state index is 12.8. The van der Waals surface area contributed by atoms with E-state index in [0.29, 0.717) is 15.4 Å². The summed E-state index contributed by atoms with van der Waals surface area (Å²) in [4.78, 5) is 3.80. The number of fused-ring (bicyclic) bond motifs is 1. The van der Waals surface area contributed by atoms with Gasteiger partial charge in [-0.2, -0.15) is 13.2 Å². The summed E-state index contributed by atoms with van der Waals surface area (Å²) >= 11 is 3.22. The average Bonchev–Trinajstić information content (AvgIpc) is 2.17. The Morgan fingerprint density at radius 2 is 1.94 bits per heavy atom. The molecular weight excluding hydrogens is 283 g/mol. The van der Waals surface area contributed by atoms with E-state index in [1.54, 1.807) is 19.1 Å². The second kappa shape index (κ2) is 3.73. The lowest BCUT2D eigenvalue weighted by Crippen LogP contribution is -2.07. The van der Waals surface area contributed by atoms with Gasteiger partial charge in [-0.25, -0.2) is 0 Å². The monoisotopic (exact) mass is 289 g/mol. The number of nitrogens with zero attached hydrogens (tertiary/aromatic N) is 1. The van der Waals surface area contributed by atoms with Gasteiger partial charge in [0.15, 0.2) is 0 Å². The van der Waals surface area contributed by atoms with Crippen LogP contribution in [0.2, 0.25) is 0 Å². The van der Waals surface area contributed by atoms with E-state index in [0.717, 1.165) is 6.07 Å². The van der Waals surface area contributed by atoms with Gasteiger partial charge in [0.25, 0.3) is 0 Å². The number of hydrogen-bond acceptors (Lipinski definition) is 1. The lowest BCUT2D eigenvalue weighted by Gasteiger charge is -2.11. The summed E-state index contributed by atoms with van der Waals surface area (Å²) in [5.74, 6) is 0. The van der Waals surface area contributed by atoms with Crippen molar-refractivity contribution in [3.05, 3.63) is 40.0 Å². The van der Waals surface area contributed by atoms with Gasteiger partial charge in [-0.15, -0.1) is 0 Å². The second-order valence-electron chi connectivity index (χ2n) is 3.50. The molecule has 0 saturated heterocycles. The summed E-state index contributed by atoms with van der Waals surface area (Å²) < 4.78 is 38.9. The Bertz CT molecular complexity index is 549. The molecule has 0 fully saturated rings. The van der Waals surface area contributed by atoms with E-state index < -0.39 is 11.7 Å². The lowest BCUT2D eigenvalue weighted by atomic mass is 10.1. The van der Waals surface area contributed by atoms with Crippen LogP contribution in [-0.2, 0) is 6.18 Å². The number of hydrogen-bond donors (Lipinski definition) is 0. The Kier molecular flexibility index (Phi) is 2.66. The quantitative estimate of drug-likeness (QED) is 0.704. The highest BCUT2D eigenvalue weighted by atomic mass is 79.9. The molecule has 1 nitrogen and oxygen atoms in total. The van der Waals surface area contributed by atoms with E-state index in [4.69, 9.17) is 0 Å². The van der Waals surface area contributed by atoms with Gasteiger partial charge in [0.1, 0.15) is 0 Å².